The number of nitrogens with two attached hydrogens (primary N) is 1. The molecule has 106 valence electrons. The van der Waals surface area contributed by atoms with Crippen LogP contribution in [0.1, 0.15) is 34.1 Å². The minimum atomic E-state index is 0.150. The van der Waals surface area contributed by atoms with Crippen LogP contribution in [0.15, 0.2) is 18.2 Å². The number of piperidine rings is 1. The fraction of sp³-hybridized carbons (Fsp3) is 0.625. The highest BCUT2D eigenvalue weighted by Crippen LogP contribution is 2.35. The quantitative estimate of drug-likeness (QED) is 0.847. The van der Waals surface area contributed by atoms with E-state index in [0.717, 1.165) is 42.0 Å². The number of benzene rings is 1. The summed E-state index contributed by atoms with van der Waals surface area (Å²) in [7, 11) is 0. The molecule has 1 aliphatic heterocycles. The van der Waals surface area contributed by atoms with Gasteiger partial charge in [-0.25, -0.2) is 0 Å². The Hall–Kier alpha value is -1.38. The standard InChI is InChI=1S/C16H26N2O/c1-11(2)19-15-7-5-6-14(16(15)17)18-9-12(3)8-13(4)10-18/h5-7,11-13H,8-10,17H2,1-4H3. The van der Waals surface area contributed by atoms with Crippen molar-refractivity contribution in [2.75, 3.05) is 23.7 Å². The molecule has 0 saturated carbocycles. The molecular weight excluding hydrogens is 236 g/mol. The van der Waals surface area contributed by atoms with Crippen molar-refractivity contribution in [3.63, 3.8) is 0 Å². The van der Waals surface area contributed by atoms with E-state index in [9.17, 15) is 0 Å². The number of nitrogen functional groups attached to an aromatic ring is 1. The van der Waals surface area contributed by atoms with Crippen LogP contribution in [-0.4, -0.2) is 19.2 Å². The average Bonchev–Trinajstić information content (AvgIpc) is 2.30. The van der Waals surface area contributed by atoms with Crippen molar-refractivity contribution in [2.24, 2.45) is 11.8 Å². The van der Waals surface area contributed by atoms with Crippen LogP contribution in [-0.2, 0) is 0 Å². The van der Waals surface area contributed by atoms with E-state index in [0.29, 0.717) is 0 Å². The number of hydrogen-bond acceptors (Lipinski definition) is 3. The van der Waals surface area contributed by atoms with Gasteiger partial charge in [0.1, 0.15) is 5.75 Å². The maximum Gasteiger partial charge on any atom is 0.144 e. The zero-order chi connectivity index (χ0) is 14.0. The molecular formula is C16H26N2O. The molecule has 0 amide bonds. The lowest BCUT2D eigenvalue weighted by Crippen LogP contribution is -2.39. The minimum Gasteiger partial charge on any atom is -0.489 e. The van der Waals surface area contributed by atoms with Crippen LogP contribution in [0.3, 0.4) is 0 Å². The third kappa shape index (κ3) is 3.34. The highest BCUT2D eigenvalue weighted by atomic mass is 16.5. The summed E-state index contributed by atoms with van der Waals surface area (Å²) in [6, 6.07) is 6.09. The second-order valence-electron chi connectivity index (χ2n) is 6.21. The molecule has 0 aliphatic carbocycles. The Bertz CT molecular complexity index is 421. The van der Waals surface area contributed by atoms with Gasteiger partial charge >= 0.3 is 0 Å². The number of hydrogen-bond donors (Lipinski definition) is 1. The Morgan fingerprint density at radius 2 is 1.84 bits per heavy atom. The first-order chi connectivity index (χ1) is 8.97. The molecule has 1 saturated heterocycles. The monoisotopic (exact) mass is 262 g/mol. The second kappa shape index (κ2) is 5.72. The molecule has 0 radical (unpaired) electrons. The van der Waals surface area contributed by atoms with E-state index in [1.54, 1.807) is 0 Å². The third-order valence-corrected chi connectivity index (χ3v) is 3.62. The van der Waals surface area contributed by atoms with Crippen molar-refractivity contribution in [3.05, 3.63) is 18.2 Å². The summed E-state index contributed by atoms with van der Waals surface area (Å²) in [5, 5.41) is 0. The van der Waals surface area contributed by atoms with Gasteiger partial charge in [-0.1, -0.05) is 19.9 Å². The number of ether oxygens (including phenoxy) is 1. The van der Waals surface area contributed by atoms with Gasteiger partial charge in [-0.15, -0.1) is 0 Å². The Labute approximate surface area is 116 Å². The molecule has 2 unspecified atom stereocenters. The van der Waals surface area contributed by atoms with Crippen molar-refractivity contribution in [2.45, 2.75) is 40.2 Å². The van der Waals surface area contributed by atoms with Gasteiger partial charge in [0.2, 0.25) is 0 Å². The predicted octanol–water partition coefficient (Wildman–Crippen LogP) is 3.54. The van der Waals surface area contributed by atoms with E-state index in [2.05, 4.69) is 24.8 Å². The number of nitrogens with zero attached hydrogens (tertiary/aromatic N) is 1. The summed E-state index contributed by atoms with van der Waals surface area (Å²) >= 11 is 0. The zero-order valence-electron chi connectivity index (χ0n) is 12.5. The first-order valence-corrected chi connectivity index (χ1v) is 7.27. The van der Waals surface area contributed by atoms with Gasteiger partial charge in [0.15, 0.2) is 0 Å². The van der Waals surface area contributed by atoms with Gasteiger partial charge in [0.05, 0.1) is 17.5 Å². The van der Waals surface area contributed by atoms with E-state index in [1.165, 1.54) is 6.42 Å². The molecule has 1 aromatic rings. The maximum atomic E-state index is 6.29. The third-order valence-electron chi connectivity index (χ3n) is 3.62. The van der Waals surface area contributed by atoms with Crippen molar-refractivity contribution < 1.29 is 4.74 Å². The van der Waals surface area contributed by atoms with Crippen LogP contribution >= 0.6 is 0 Å². The maximum absolute atomic E-state index is 6.29. The van der Waals surface area contributed by atoms with Gasteiger partial charge in [-0.2, -0.15) is 0 Å². The van der Waals surface area contributed by atoms with Crippen LogP contribution < -0.4 is 15.4 Å². The highest BCUT2D eigenvalue weighted by Gasteiger charge is 2.24. The van der Waals surface area contributed by atoms with Crippen molar-refractivity contribution in [3.8, 4) is 5.75 Å². The Balaban J connectivity index is 2.24. The topological polar surface area (TPSA) is 38.5 Å². The molecule has 0 aromatic heterocycles. The first-order valence-electron chi connectivity index (χ1n) is 7.27. The molecule has 3 nitrogen and oxygen atoms in total. The lowest BCUT2D eigenvalue weighted by atomic mass is 9.91. The molecule has 1 fully saturated rings. The lowest BCUT2D eigenvalue weighted by Gasteiger charge is -2.37. The minimum absolute atomic E-state index is 0.150. The zero-order valence-corrected chi connectivity index (χ0v) is 12.5. The Morgan fingerprint density at radius 1 is 1.21 bits per heavy atom. The van der Waals surface area contributed by atoms with Crippen LogP contribution in [0, 0.1) is 11.8 Å². The molecule has 1 aromatic carbocycles. The van der Waals surface area contributed by atoms with Crippen molar-refractivity contribution in [1.29, 1.82) is 0 Å². The highest BCUT2D eigenvalue weighted by molar-refractivity contribution is 5.74. The van der Waals surface area contributed by atoms with E-state index in [1.807, 2.05) is 26.0 Å². The van der Waals surface area contributed by atoms with Gasteiger partial charge < -0.3 is 15.4 Å². The van der Waals surface area contributed by atoms with Crippen LogP contribution in [0.5, 0.6) is 5.75 Å². The molecule has 2 atom stereocenters. The predicted molar refractivity (Wildman–Crippen MR) is 81.8 cm³/mol. The summed E-state index contributed by atoms with van der Waals surface area (Å²) in [5.74, 6) is 2.24. The summed E-state index contributed by atoms with van der Waals surface area (Å²) in [5.41, 5.74) is 8.18. The summed E-state index contributed by atoms with van der Waals surface area (Å²) in [4.78, 5) is 2.40. The lowest BCUT2D eigenvalue weighted by molar-refractivity contribution is 0.244. The molecule has 1 heterocycles. The SMILES string of the molecule is CC1CC(C)CN(c2cccc(OC(C)C)c2N)C1. The smallest absolute Gasteiger partial charge is 0.144 e. The van der Waals surface area contributed by atoms with Gasteiger partial charge in [-0.3, -0.25) is 0 Å². The van der Waals surface area contributed by atoms with E-state index < -0.39 is 0 Å². The van der Waals surface area contributed by atoms with Gasteiger partial charge in [-0.05, 0) is 44.2 Å². The largest absolute Gasteiger partial charge is 0.489 e. The molecule has 3 heteroatoms. The van der Waals surface area contributed by atoms with Crippen LogP contribution in [0.4, 0.5) is 11.4 Å². The summed E-state index contributed by atoms with van der Waals surface area (Å²) in [6.07, 6.45) is 1.45. The molecule has 19 heavy (non-hydrogen) atoms. The van der Waals surface area contributed by atoms with Crippen molar-refractivity contribution >= 4 is 11.4 Å². The fourth-order valence-corrected chi connectivity index (χ4v) is 3.02. The number of para-hydroxylation sites is 1. The number of anilines is 2. The van der Waals surface area contributed by atoms with Crippen molar-refractivity contribution in [1.82, 2.24) is 0 Å². The van der Waals surface area contributed by atoms with E-state index >= 15 is 0 Å². The Kier molecular flexibility index (Phi) is 4.23. The van der Waals surface area contributed by atoms with Crippen LogP contribution in [0.2, 0.25) is 0 Å². The van der Waals surface area contributed by atoms with Crippen LogP contribution in [0.25, 0.3) is 0 Å². The summed E-state index contributed by atoms with van der Waals surface area (Å²) in [6.45, 7) is 10.8. The van der Waals surface area contributed by atoms with Gasteiger partial charge in [0, 0.05) is 13.1 Å². The normalized spacial score (nSPS) is 23.7. The Morgan fingerprint density at radius 3 is 2.42 bits per heavy atom. The average molecular weight is 262 g/mol. The first kappa shape index (κ1) is 14.0. The molecule has 1 aliphatic rings. The molecule has 0 bridgehead atoms. The molecule has 2 rings (SSSR count). The van der Waals surface area contributed by atoms with Gasteiger partial charge in [0.25, 0.3) is 0 Å². The second-order valence-corrected chi connectivity index (χ2v) is 6.21. The van der Waals surface area contributed by atoms with E-state index in [4.69, 9.17) is 10.5 Å². The molecule has 0 spiro atoms. The van der Waals surface area contributed by atoms with E-state index in [-0.39, 0.29) is 6.10 Å². The summed E-state index contributed by atoms with van der Waals surface area (Å²) < 4.78 is 5.78. The molecule has 2 N–H and O–H groups in total. The number of rotatable bonds is 3. The fourth-order valence-electron chi connectivity index (χ4n) is 3.02.